The van der Waals surface area contributed by atoms with Crippen LogP contribution in [0.1, 0.15) is 5.69 Å². The van der Waals surface area contributed by atoms with Gasteiger partial charge in [-0.05, 0) is 12.1 Å². The van der Waals surface area contributed by atoms with Gasteiger partial charge in [0.1, 0.15) is 22.3 Å². The summed E-state index contributed by atoms with van der Waals surface area (Å²) in [5.41, 5.74) is 3.34. The Morgan fingerprint density at radius 3 is 2.06 bits per heavy atom. The zero-order valence-corrected chi connectivity index (χ0v) is 18.0. The molecule has 0 spiro atoms. The molecule has 1 aromatic carbocycles. The highest BCUT2D eigenvalue weighted by atomic mass is 35.5. The number of hydrogen-bond donors (Lipinski definition) is 1. The molecule has 7 nitrogen and oxygen atoms in total. The maximum atomic E-state index is 13.1. The smallest absolute Gasteiger partial charge is 0.310 e. The number of hydrogen-bond acceptors (Lipinski definition) is 5. The number of anilines is 2. The van der Waals surface area contributed by atoms with Gasteiger partial charge in [0.2, 0.25) is 10.0 Å². The molecule has 0 aliphatic carbocycles. The third-order valence-electron chi connectivity index (χ3n) is 3.60. The first-order chi connectivity index (χ1) is 13.7. The van der Waals surface area contributed by atoms with E-state index in [1.807, 2.05) is 0 Å². The number of nitrogens with zero attached hydrogens (tertiary/aromatic N) is 4. The minimum absolute atomic E-state index is 0.0555. The molecule has 0 saturated heterocycles. The predicted octanol–water partition coefficient (Wildman–Crippen LogP) is 5.32. The summed E-state index contributed by atoms with van der Waals surface area (Å²) in [6, 6.07) is 1.07. The second-order valence-corrected chi connectivity index (χ2v) is 11.1. The predicted molar refractivity (Wildman–Crippen MR) is 102 cm³/mol. The largest absolute Gasteiger partial charge is 0.382 e. The fourth-order valence-corrected chi connectivity index (χ4v) is 4.75. The van der Waals surface area contributed by atoms with Crippen LogP contribution >= 0.6 is 33.4 Å². The van der Waals surface area contributed by atoms with Crippen LogP contribution in [0.15, 0.2) is 17.0 Å². The molecule has 1 aromatic heterocycles. The summed E-state index contributed by atoms with van der Waals surface area (Å²) in [6.45, 7) is -1.44. The minimum atomic E-state index is -10.2. The number of nitriles is 1. The molecule has 0 saturated carbocycles. The lowest BCUT2D eigenvalue weighted by Gasteiger charge is -2.40. The molecule has 0 fully saturated rings. The summed E-state index contributed by atoms with van der Waals surface area (Å²) in [5, 5.41) is 10.7. The van der Waals surface area contributed by atoms with E-state index in [-0.39, 0.29) is 16.4 Å². The molecule has 0 amide bonds. The molecule has 1 heterocycles. The highest BCUT2D eigenvalue weighted by molar-refractivity contribution is 8.45. The van der Waals surface area contributed by atoms with E-state index >= 15 is 0 Å². The zero-order chi connectivity index (χ0) is 24.2. The van der Waals surface area contributed by atoms with Gasteiger partial charge in [-0.1, -0.05) is 42.6 Å². The Balaban J connectivity index is 2.83. The Hall–Kier alpha value is -2.09. The van der Waals surface area contributed by atoms with Gasteiger partial charge in [0.25, 0.3) is 6.43 Å². The first kappa shape index (κ1) is 25.2. The second kappa shape index (κ2) is 6.95. The van der Waals surface area contributed by atoms with Crippen molar-refractivity contribution < 1.29 is 36.6 Å². The number of alkyl halides is 2. The van der Waals surface area contributed by atoms with Crippen LogP contribution in [0.4, 0.5) is 39.7 Å². The van der Waals surface area contributed by atoms with Gasteiger partial charge in [-0.25, -0.2) is 21.9 Å². The molecule has 0 aliphatic rings. The number of sulfonamides is 1. The Morgan fingerprint density at radius 2 is 1.71 bits per heavy atom. The summed E-state index contributed by atoms with van der Waals surface area (Å²) in [4.78, 5) is -2.43. The summed E-state index contributed by atoms with van der Waals surface area (Å²) >= 11 is 11.4. The normalized spacial score (nSPS) is 14.8. The van der Waals surface area contributed by atoms with E-state index in [1.165, 1.54) is 6.07 Å². The van der Waals surface area contributed by atoms with Crippen molar-refractivity contribution in [2.75, 3.05) is 22.8 Å². The molecule has 2 N–H and O–H groups in total. The monoisotopic (exact) mass is 535 g/mol. The van der Waals surface area contributed by atoms with Gasteiger partial charge in [0.15, 0.2) is 11.5 Å². The van der Waals surface area contributed by atoms with Crippen molar-refractivity contribution in [2.24, 2.45) is 0 Å². The topological polar surface area (TPSA) is 105 Å². The number of nitrogens with two attached hydrogens (primary N) is 1. The van der Waals surface area contributed by atoms with E-state index in [4.69, 9.17) is 28.9 Å². The lowest BCUT2D eigenvalue weighted by Crippen LogP contribution is -2.35. The average Bonchev–Trinajstić information content (AvgIpc) is 2.85. The van der Waals surface area contributed by atoms with Gasteiger partial charge >= 0.3 is 10.2 Å². The van der Waals surface area contributed by atoms with Crippen LogP contribution in [-0.4, -0.2) is 37.4 Å². The van der Waals surface area contributed by atoms with Crippen molar-refractivity contribution >= 4 is 55.0 Å². The Bertz CT molecular complexity index is 1190. The van der Waals surface area contributed by atoms with Crippen LogP contribution in [0, 0.1) is 11.3 Å². The van der Waals surface area contributed by atoms with E-state index in [0.717, 1.165) is 0 Å². The molecular formula is C13H10Cl2F7N5O2S2. The Labute approximate surface area is 180 Å². The first-order valence-electron chi connectivity index (χ1n) is 7.45. The lowest BCUT2D eigenvalue weighted by atomic mass is 10.3. The van der Waals surface area contributed by atoms with Gasteiger partial charge in [-0.2, -0.15) is 10.4 Å². The lowest BCUT2D eigenvalue weighted by molar-refractivity contribution is 0.159. The third-order valence-corrected chi connectivity index (χ3v) is 6.44. The minimum Gasteiger partial charge on any atom is -0.382 e. The van der Waals surface area contributed by atoms with Crippen LogP contribution in [0.25, 0.3) is 5.69 Å². The van der Waals surface area contributed by atoms with Crippen molar-refractivity contribution in [3.05, 3.63) is 27.9 Å². The van der Waals surface area contributed by atoms with E-state index in [1.54, 1.807) is 0 Å². The van der Waals surface area contributed by atoms with Gasteiger partial charge in [0.05, 0.1) is 22.8 Å². The number of rotatable bonds is 6. The van der Waals surface area contributed by atoms with Crippen LogP contribution < -0.4 is 10.0 Å². The van der Waals surface area contributed by atoms with Gasteiger partial charge in [-0.3, -0.25) is 4.31 Å². The summed E-state index contributed by atoms with van der Waals surface area (Å²) in [5.74, 6) is -0.827. The number of benzene rings is 1. The molecule has 0 bridgehead atoms. The van der Waals surface area contributed by atoms with Gasteiger partial charge in [0, 0.05) is 0 Å². The summed E-state index contributed by atoms with van der Waals surface area (Å²) in [7, 11) is -14.6. The quantitative estimate of drug-likeness (QED) is 0.504. The van der Waals surface area contributed by atoms with Gasteiger partial charge < -0.3 is 5.73 Å². The highest BCUT2D eigenvalue weighted by Crippen LogP contribution is 3.02. The van der Waals surface area contributed by atoms with Crippen LogP contribution in [0.5, 0.6) is 0 Å². The van der Waals surface area contributed by atoms with Crippen molar-refractivity contribution in [1.82, 2.24) is 9.78 Å². The van der Waals surface area contributed by atoms with E-state index in [9.17, 15) is 41.9 Å². The maximum Gasteiger partial charge on any atom is 0.310 e. The van der Waals surface area contributed by atoms with Crippen molar-refractivity contribution in [1.29, 1.82) is 5.26 Å². The molecule has 31 heavy (non-hydrogen) atoms. The van der Waals surface area contributed by atoms with Gasteiger partial charge in [-0.15, -0.1) is 0 Å². The highest BCUT2D eigenvalue weighted by Gasteiger charge is 2.65. The zero-order valence-electron chi connectivity index (χ0n) is 14.8. The Kier molecular flexibility index (Phi) is 5.65. The van der Waals surface area contributed by atoms with E-state index < -0.39 is 71.0 Å². The molecule has 0 unspecified atom stereocenters. The van der Waals surface area contributed by atoms with E-state index in [2.05, 4.69) is 5.10 Å². The van der Waals surface area contributed by atoms with Crippen molar-refractivity contribution in [3.63, 3.8) is 0 Å². The van der Waals surface area contributed by atoms with Crippen molar-refractivity contribution in [3.8, 4) is 11.8 Å². The summed E-state index contributed by atoms with van der Waals surface area (Å²) < 4.78 is 115. The standard InChI is InChI=1S/C13H10Cl2F7N5O2S2/c1-30(28,29)26(5-10(16)17)12-9(4-23)25-27(13(12)24)11-7(14)2-6(3-8(11)15)31(18,19,20,21)22/h2-3,10H,5,24H2,1H3. The third kappa shape index (κ3) is 5.22. The number of halogens is 9. The molecule has 18 heteroatoms. The van der Waals surface area contributed by atoms with Crippen LogP contribution in [0.3, 0.4) is 0 Å². The molecule has 0 radical (unpaired) electrons. The molecule has 0 aliphatic heterocycles. The molecule has 2 rings (SSSR count). The summed E-state index contributed by atoms with van der Waals surface area (Å²) in [6.07, 6.45) is -2.69. The molecular weight excluding hydrogens is 526 g/mol. The average molecular weight is 536 g/mol. The maximum absolute atomic E-state index is 13.1. The Morgan fingerprint density at radius 1 is 1.23 bits per heavy atom. The molecule has 0 atom stereocenters. The SMILES string of the molecule is CS(=O)(=O)N(CC(F)F)c1c(C#N)nn(-c2c(Cl)cc(S(F)(F)(F)(F)F)cc2Cl)c1N. The fourth-order valence-electron chi connectivity index (χ4n) is 2.40. The van der Waals surface area contributed by atoms with E-state index in [0.29, 0.717) is 10.9 Å². The number of aromatic nitrogens is 2. The first-order valence-corrected chi connectivity index (χ1v) is 12.0. The fraction of sp³-hybridized carbons (Fsp3) is 0.231. The second-order valence-electron chi connectivity index (χ2n) is 6.00. The molecule has 2 aromatic rings. The van der Waals surface area contributed by atoms with Crippen LogP contribution in [0.2, 0.25) is 10.0 Å². The van der Waals surface area contributed by atoms with Crippen molar-refractivity contribution in [2.45, 2.75) is 11.3 Å². The van der Waals surface area contributed by atoms with Crippen LogP contribution in [-0.2, 0) is 10.0 Å². The number of nitrogen functional groups attached to an aromatic ring is 1. The molecule has 174 valence electrons.